The van der Waals surface area contributed by atoms with Crippen molar-refractivity contribution in [2.45, 2.75) is 34.1 Å². The van der Waals surface area contributed by atoms with Crippen LogP contribution >= 0.6 is 0 Å². The zero-order chi connectivity index (χ0) is 10.0. The van der Waals surface area contributed by atoms with Crippen molar-refractivity contribution in [1.29, 1.82) is 0 Å². The predicted molar refractivity (Wildman–Crippen MR) is 57.4 cm³/mol. The molecule has 2 rings (SSSR count). The molecule has 0 heterocycles. The zero-order valence-corrected chi connectivity index (χ0v) is 9.28. The summed E-state index contributed by atoms with van der Waals surface area (Å²) in [5, 5.41) is 0. The monoisotopic (exact) mass is 176 g/mol. The molecule has 0 aliphatic heterocycles. The molecule has 2 saturated carbocycles. The molecule has 2 aliphatic carbocycles. The van der Waals surface area contributed by atoms with Crippen molar-refractivity contribution < 1.29 is 0 Å². The summed E-state index contributed by atoms with van der Waals surface area (Å²) in [5.41, 5.74) is 3.54. The molecule has 0 aromatic rings. The van der Waals surface area contributed by atoms with Gasteiger partial charge in [0.2, 0.25) is 0 Å². The molecule has 13 heavy (non-hydrogen) atoms. The van der Waals surface area contributed by atoms with Crippen LogP contribution in [0.4, 0.5) is 0 Å². The number of fused-ring (bicyclic) bond motifs is 1. The van der Waals surface area contributed by atoms with Gasteiger partial charge in [0.15, 0.2) is 0 Å². The fourth-order valence-electron chi connectivity index (χ4n) is 3.67. The lowest BCUT2D eigenvalue weighted by Crippen LogP contribution is -2.15. The summed E-state index contributed by atoms with van der Waals surface area (Å²) in [4.78, 5) is 0. The molecule has 0 bridgehead atoms. The lowest BCUT2D eigenvalue weighted by atomic mass is 9.83. The molecule has 2 fully saturated rings. The molecule has 0 N–H and O–H groups in total. The van der Waals surface area contributed by atoms with Gasteiger partial charge in [-0.1, -0.05) is 40.9 Å². The lowest BCUT2D eigenvalue weighted by Gasteiger charge is -2.21. The summed E-state index contributed by atoms with van der Waals surface area (Å²) in [5.74, 6) is 1.36. The highest BCUT2D eigenvalue weighted by Gasteiger charge is 2.73. The van der Waals surface area contributed by atoms with Crippen LogP contribution < -0.4 is 0 Å². The Kier molecular flexibility index (Phi) is 1.46. The van der Waals surface area contributed by atoms with Gasteiger partial charge in [0, 0.05) is 5.41 Å². The summed E-state index contributed by atoms with van der Waals surface area (Å²) in [6.07, 6.45) is 1.33. The molecule has 0 saturated heterocycles. The highest BCUT2D eigenvalue weighted by Crippen LogP contribution is 2.81. The van der Waals surface area contributed by atoms with Crippen molar-refractivity contribution in [3.05, 3.63) is 24.3 Å². The second-order valence-corrected chi connectivity index (χ2v) is 5.45. The van der Waals surface area contributed by atoms with E-state index in [2.05, 4.69) is 40.9 Å². The Morgan fingerprint density at radius 2 is 1.92 bits per heavy atom. The summed E-state index contributed by atoms with van der Waals surface area (Å²) >= 11 is 0. The minimum Gasteiger partial charge on any atom is -0.0953 e. The fourth-order valence-corrected chi connectivity index (χ4v) is 3.67. The van der Waals surface area contributed by atoms with E-state index in [0.717, 1.165) is 0 Å². The van der Waals surface area contributed by atoms with Crippen molar-refractivity contribution >= 4 is 0 Å². The summed E-state index contributed by atoms with van der Waals surface area (Å²) in [7, 11) is 0. The molecule has 3 unspecified atom stereocenters. The van der Waals surface area contributed by atoms with Crippen molar-refractivity contribution in [3.8, 4) is 0 Å². The van der Waals surface area contributed by atoms with Crippen LogP contribution in [0.3, 0.4) is 0 Å². The lowest BCUT2D eigenvalue weighted by molar-refractivity contribution is 0.311. The van der Waals surface area contributed by atoms with Gasteiger partial charge in [-0.2, -0.15) is 0 Å². The molecule has 2 aliphatic rings. The van der Waals surface area contributed by atoms with E-state index in [1.54, 1.807) is 0 Å². The average molecular weight is 176 g/mol. The van der Waals surface area contributed by atoms with Gasteiger partial charge in [-0.05, 0) is 34.8 Å². The van der Waals surface area contributed by atoms with Crippen LogP contribution in [0.2, 0.25) is 0 Å². The Labute approximate surface area is 81.7 Å². The molecule has 3 atom stereocenters. The van der Waals surface area contributed by atoms with Gasteiger partial charge < -0.3 is 0 Å². The highest BCUT2D eigenvalue weighted by atomic mass is 14.8. The van der Waals surface area contributed by atoms with Crippen LogP contribution in [0, 0.1) is 22.7 Å². The van der Waals surface area contributed by atoms with E-state index in [1.807, 2.05) is 0 Å². The summed E-state index contributed by atoms with van der Waals surface area (Å²) < 4.78 is 0. The molecular formula is C13H20. The SMILES string of the molecule is C=C1C(=C)C2(C(C)C)CC2(C)C1C. The molecule has 0 amide bonds. The van der Waals surface area contributed by atoms with E-state index in [-0.39, 0.29) is 0 Å². The first kappa shape index (κ1) is 9.05. The van der Waals surface area contributed by atoms with E-state index in [9.17, 15) is 0 Å². The Bertz CT molecular complexity index is 297. The van der Waals surface area contributed by atoms with Gasteiger partial charge in [-0.25, -0.2) is 0 Å². The van der Waals surface area contributed by atoms with Crippen molar-refractivity contribution in [2.24, 2.45) is 22.7 Å². The van der Waals surface area contributed by atoms with E-state index >= 15 is 0 Å². The molecular weight excluding hydrogens is 156 g/mol. The first-order chi connectivity index (χ1) is 5.88. The van der Waals surface area contributed by atoms with Crippen molar-refractivity contribution in [1.82, 2.24) is 0 Å². The molecule has 0 heteroatoms. The number of rotatable bonds is 1. The maximum atomic E-state index is 4.25. The third-order valence-electron chi connectivity index (χ3n) is 4.93. The van der Waals surface area contributed by atoms with Crippen LogP contribution in [0.1, 0.15) is 34.1 Å². The first-order valence-corrected chi connectivity index (χ1v) is 5.26. The van der Waals surface area contributed by atoms with Crippen LogP contribution in [-0.2, 0) is 0 Å². The quantitative estimate of drug-likeness (QED) is 0.570. The van der Waals surface area contributed by atoms with Gasteiger partial charge in [0.05, 0.1) is 0 Å². The molecule has 0 radical (unpaired) electrons. The molecule has 72 valence electrons. The second kappa shape index (κ2) is 2.10. The zero-order valence-electron chi connectivity index (χ0n) is 9.28. The minimum atomic E-state index is 0.406. The third-order valence-corrected chi connectivity index (χ3v) is 4.93. The number of hydrogen-bond donors (Lipinski definition) is 0. The van der Waals surface area contributed by atoms with Crippen molar-refractivity contribution in [3.63, 3.8) is 0 Å². The van der Waals surface area contributed by atoms with Crippen LogP contribution in [0.25, 0.3) is 0 Å². The van der Waals surface area contributed by atoms with Crippen LogP contribution in [-0.4, -0.2) is 0 Å². The Balaban J connectivity index is 2.47. The van der Waals surface area contributed by atoms with Gasteiger partial charge in [-0.15, -0.1) is 0 Å². The average Bonchev–Trinajstić information content (AvgIpc) is 2.67. The van der Waals surface area contributed by atoms with Gasteiger partial charge in [0.1, 0.15) is 0 Å². The molecule has 0 aromatic carbocycles. The van der Waals surface area contributed by atoms with E-state index < -0.39 is 0 Å². The first-order valence-electron chi connectivity index (χ1n) is 5.26. The largest absolute Gasteiger partial charge is 0.0953 e. The normalized spacial score (nSPS) is 48.5. The van der Waals surface area contributed by atoms with E-state index in [4.69, 9.17) is 0 Å². The summed E-state index contributed by atoms with van der Waals surface area (Å²) in [6.45, 7) is 17.8. The Morgan fingerprint density at radius 3 is 2.15 bits per heavy atom. The fraction of sp³-hybridized carbons (Fsp3) is 0.692. The summed E-state index contributed by atoms with van der Waals surface area (Å²) in [6, 6.07) is 0. The maximum absolute atomic E-state index is 4.25. The Hall–Kier alpha value is -0.520. The number of hydrogen-bond acceptors (Lipinski definition) is 0. The number of allylic oxidation sites excluding steroid dienone is 2. The second-order valence-electron chi connectivity index (χ2n) is 5.45. The molecule has 0 spiro atoms. The third kappa shape index (κ3) is 0.697. The Morgan fingerprint density at radius 1 is 1.38 bits per heavy atom. The standard InChI is InChI=1S/C13H20/c1-8(2)13-7-12(13,6)10(4)9(3)11(13)5/h8,10H,3,5,7H2,1-2,4,6H3. The van der Waals surface area contributed by atoms with E-state index in [0.29, 0.717) is 22.7 Å². The van der Waals surface area contributed by atoms with Crippen LogP contribution in [0.5, 0.6) is 0 Å². The smallest absolute Gasteiger partial charge is 0.00382 e. The molecule has 0 aromatic heterocycles. The van der Waals surface area contributed by atoms with E-state index in [1.165, 1.54) is 17.6 Å². The topological polar surface area (TPSA) is 0 Å². The van der Waals surface area contributed by atoms with Gasteiger partial charge >= 0.3 is 0 Å². The van der Waals surface area contributed by atoms with Gasteiger partial charge in [0.25, 0.3) is 0 Å². The van der Waals surface area contributed by atoms with Crippen molar-refractivity contribution in [2.75, 3.05) is 0 Å². The minimum absolute atomic E-state index is 0.406. The molecule has 0 nitrogen and oxygen atoms in total. The van der Waals surface area contributed by atoms with Gasteiger partial charge in [-0.3, -0.25) is 0 Å². The highest BCUT2D eigenvalue weighted by molar-refractivity contribution is 5.51. The van der Waals surface area contributed by atoms with Crippen LogP contribution in [0.15, 0.2) is 24.3 Å². The maximum Gasteiger partial charge on any atom is 0.00382 e. The predicted octanol–water partition coefficient (Wildman–Crippen LogP) is 3.80.